The number of ether oxygens (including phenoxy) is 2. The largest absolute Gasteiger partial charge is 0.507 e. The molecule has 1 N–H and O–H groups in total. The highest BCUT2D eigenvalue weighted by Gasteiger charge is 2.66. The summed E-state index contributed by atoms with van der Waals surface area (Å²) in [5.41, 5.74) is -0.683. The fourth-order valence-corrected chi connectivity index (χ4v) is 1.25. The van der Waals surface area contributed by atoms with E-state index in [1.54, 1.807) is 0 Å². The van der Waals surface area contributed by atoms with E-state index < -0.39 is 35.2 Å². The van der Waals surface area contributed by atoms with Gasteiger partial charge < -0.3 is 14.6 Å². The summed E-state index contributed by atoms with van der Waals surface area (Å²) in [6.45, 7) is 0. The first-order valence-corrected chi connectivity index (χ1v) is 4.24. The monoisotopic (exact) mass is 252 g/mol. The van der Waals surface area contributed by atoms with Gasteiger partial charge in [0.15, 0.2) is 11.5 Å². The first kappa shape index (κ1) is 11.5. The Kier molecular flexibility index (Phi) is 2.20. The first-order chi connectivity index (χ1) is 7.74. The minimum Gasteiger partial charge on any atom is -0.478 e. The van der Waals surface area contributed by atoms with Gasteiger partial charge in [0.05, 0.1) is 0 Å². The van der Waals surface area contributed by atoms with Crippen LogP contribution < -0.4 is 9.47 Å². The standard InChI is InChI=1S/C9H4F4O4/c10-8(11)9(12,13)17-6-4(7(14)15)2-1-3-5(6)16-8/h1-3H,(H,14,15). The summed E-state index contributed by atoms with van der Waals surface area (Å²) in [4.78, 5) is 10.7. The molecule has 0 bridgehead atoms. The number of carboxylic acids is 1. The van der Waals surface area contributed by atoms with Crippen molar-refractivity contribution in [1.29, 1.82) is 0 Å². The fourth-order valence-electron chi connectivity index (χ4n) is 1.25. The molecular formula is C9H4F4O4. The molecule has 0 aliphatic carbocycles. The van der Waals surface area contributed by atoms with E-state index in [2.05, 4.69) is 9.47 Å². The van der Waals surface area contributed by atoms with Gasteiger partial charge >= 0.3 is 18.2 Å². The van der Waals surface area contributed by atoms with Gasteiger partial charge in [0.2, 0.25) is 0 Å². The van der Waals surface area contributed by atoms with Crippen molar-refractivity contribution >= 4 is 5.97 Å². The summed E-state index contributed by atoms with van der Waals surface area (Å²) < 4.78 is 58.6. The van der Waals surface area contributed by atoms with E-state index in [0.717, 1.165) is 18.2 Å². The zero-order valence-electron chi connectivity index (χ0n) is 7.92. The van der Waals surface area contributed by atoms with Gasteiger partial charge in [-0.15, -0.1) is 0 Å². The number of benzene rings is 1. The van der Waals surface area contributed by atoms with E-state index in [0.29, 0.717) is 0 Å². The van der Waals surface area contributed by atoms with E-state index in [1.807, 2.05) is 0 Å². The molecule has 0 spiro atoms. The van der Waals surface area contributed by atoms with Gasteiger partial charge in [-0.1, -0.05) is 6.07 Å². The van der Waals surface area contributed by atoms with Crippen molar-refractivity contribution in [3.63, 3.8) is 0 Å². The second-order valence-electron chi connectivity index (χ2n) is 3.18. The lowest BCUT2D eigenvalue weighted by Gasteiger charge is -2.32. The molecule has 4 nitrogen and oxygen atoms in total. The predicted octanol–water partition coefficient (Wildman–Crippen LogP) is 2.34. The maximum absolute atomic E-state index is 12.8. The Morgan fingerprint density at radius 2 is 1.71 bits per heavy atom. The summed E-state index contributed by atoms with van der Waals surface area (Å²) >= 11 is 0. The fraction of sp³-hybridized carbons (Fsp3) is 0.222. The number of fused-ring (bicyclic) bond motifs is 1. The van der Waals surface area contributed by atoms with Gasteiger partial charge in [0.25, 0.3) is 0 Å². The highest BCUT2D eigenvalue weighted by atomic mass is 19.3. The van der Waals surface area contributed by atoms with Crippen molar-refractivity contribution in [2.24, 2.45) is 0 Å². The summed E-state index contributed by atoms with van der Waals surface area (Å²) in [6, 6.07) is 2.92. The van der Waals surface area contributed by atoms with E-state index in [1.165, 1.54) is 0 Å². The maximum atomic E-state index is 12.8. The molecule has 0 unspecified atom stereocenters. The minimum absolute atomic E-state index is 0.683. The second kappa shape index (κ2) is 3.25. The topological polar surface area (TPSA) is 55.8 Å². The molecule has 0 radical (unpaired) electrons. The number of alkyl halides is 4. The van der Waals surface area contributed by atoms with Gasteiger partial charge in [0.1, 0.15) is 5.56 Å². The molecule has 1 aliphatic rings. The van der Waals surface area contributed by atoms with Crippen LogP contribution in [0.3, 0.4) is 0 Å². The lowest BCUT2D eigenvalue weighted by molar-refractivity contribution is -0.391. The lowest BCUT2D eigenvalue weighted by atomic mass is 10.1. The van der Waals surface area contributed by atoms with Crippen LogP contribution in [0.1, 0.15) is 10.4 Å². The van der Waals surface area contributed by atoms with Gasteiger partial charge in [-0.3, -0.25) is 0 Å². The Hall–Kier alpha value is -1.99. The molecule has 2 rings (SSSR count). The summed E-state index contributed by atoms with van der Waals surface area (Å²) in [7, 11) is 0. The third-order valence-corrected chi connectivity index (χ3v) is 2.02. The molecule has 0 saturated heterocycles. The average Bonchev–Trinajstić information content (AvgIpc) is 2.17. The molecule has 0 fully saturated rings. The van der Waals surface area contributed by atoms with Crippen molar-refractivity contribution in [1.82, 2.24) is 0 Å². The number of halogens is 4. The van der Waals surface area contributed by atoms with E-state index >= 15 is 0 Å². The minimum atomic E-state index is -4.93. The molecule has 1 aromatic rings. The smallest absolute Gasteiger partial charge is 0.478 e. The molecule has 0 saturated carbocycles. The maximum Gasteiger partial charge on any atom is 0.507 e. The zero-order valence-corrected chi connectivity index (χ0v) is 7.92. The highest BCUT2D eigenvalue weighted by Crippen LogP contribution is 2.48. The zero-order chi connectivity index (χ0) is 12.8. The Morgan fingerprint density at radius 1 is 1.12 bits per heavy atom. The van der Waals surface area contributed by atoms with Crippen LogP contribution in [-0.4, -0.2) is 23.3 Å². The molecule has 1 heterocycles. The quantitative estimate of drug-likeness (QED) is 0.779. The number of rotatable bonds is 1. The number of aromatic carboxylic acids is 1. The van der Waals surface area contributed by atoms with Gasteiger partial charge in [0, 0.05) is 0 Å². The van der Waals surface area contributed by atoms with Crippen LogP contribution in [-0.2, 0) is 0 Å². The van der Waals surface area contributed by atoms with Crippen molar-refractivity contribution in [2.75, 3.05) is 0 Å². The Labute approximate surface area is 91.4 Å². The van der Waals surface area contributed by atoms with Crippen LogP contribution in [0.2, 0.25) is 0 Å². The summed E-state index contributed by atoms with van der Waals surface area (Å²) in [5, 5.41) is 8.67. The van der Waals surface area contributed by atoms with E-state index in [-0.39, 0.29) is 0 Å². The van der Waals surface area contributed by atoms with Gasteiger partial charge in [-0.25, -0.2) is 4.79 Å². The van der Waals surface area contributed by atoms with E-state index in [4.69, 9.17) is 5.11 Å². The van der Waals surface area contributed by atoms with Crippen molar-refractivity contribution < 1.29 is 36.9 Å². The highest BCUT2D eigenvalue weighted by molar-refractivity contribution is 5.92. The van der Waals surface area contributed by atoms with Crippen molar-refractivity contribution in [2.45, 2.75) is 12.2 Å². The second-order valence-corrected chi connectivity index (χ2v) is 3.18. The van der Waals surface area contributed by atoms with E-state index in [9.17, 15) is 22.4 Å². The molecule has 0 atom stereocenters. The third-order valence-electron chi connectivity index (χ3n) is 2.02. The number of para-hydroxylation sites is 1. The molecule has 1 aliphatic heterocycles. The van der Waals surface area contributed by atoms with Crippen molar-refractivity contribution in [3.8, 4) is 11.5 Å². The molecule has 0 amide bonds. The Bertz CT molecular complexity index is 486. The van der Waals surface area contributed by atoms with Crippen LogP contribution in [0.4, 0.5) is 17.6 Å². The normalized spacial score (nSPS) is 19.8. The number of hydrogen-bond donors (Lipinski definition) is 1. The Morgan fingerprint density at radius 3 is 2.29 bits per heavy atom. The SMILES string of the molecule is O=C(O)c1cccc2c1OC(F)(F)C(F)(F)O2. The lowest BCUT2D eigenvalue weighted by Crippen LogP contribution is -2.52. The van der Waals surface area contributed by atoms with Crippen LogP contribution in [0.15, 0.2) is 18.2 Å². The molecular weight excluding hydrogens is 248 g/mol. The molecule has 0 aromatic heterocycles. The first-order valence-electron chi connectivity index (χ1n) is 4.24. The summed E-state index contributed by atoms with van der Waals surface area (Å²) in [5.74, 6) is -3.26. The molecule has 1 aromatic carbocycles. The van der Waals surface area contributed by atoms with Gasteiger partial charge in [-0.05, 0) is 12.1 Å². The molecule has 17 heavy (non-hydrogen) atoms. The van der Waals surface area contributed by atoms with Crippen LogP contribution in [0.25, 0.3) is 0 Å². The summed E-state index contributed by atoms with van der Waals surface area (Å²) in [6.07, 6.45) is -9.78. The number of carbonyl (C=O) groups is 1. The number of hydrogen-bond acceptors (Lipinski definition) is 3. The van der Waals surface area contributed by atoms with Crippen LogP contribution in [0, 0.1) is 0 Å². The molecule has 92 valence electrons. The Balaban J connectivity index is 2.57. The predicted molar refractivity (Wildman–Crippen MR) is 44.6 cm³/mol. The van der Waals surface area contributed by atoms with Crippen molar-refractivity contribution in [3.05, 3.63) is 23.8 Å². The molecule has 8 heteroatoms. The van der Waals surface area contributed by atoms with Gasteiger partial charge in [-0.2, -0.15) is 17.6 Å². The third kappa shape index (κ3) is 1.65. The van der Waals surface area contributed by atoms with Crippen LogP contribution in [0.5, 0.6) is 11.5 Å². The van der Waals surface area contributed by atoms with Crippen LogP contribution >= 0.6 is 0 Å². The number of carboxylic acid groups (broad SMARTS) is 1. The average molecular weight is 252 g/mol.